The van der Waals surface area contributed by atoms with Crippen molar-refractivity contribution < 1.29 is 19.1 Å². The molecular formula is C9H16O4. The maximum absolute atomic E-state index is 10.9. The van der Waals surface area contributed by atoms with E-state index < -0.39 is 5.97 Å². The predicted molar refractivity (Wildman–Crippen MR) is 47.3 cm³/mol. The van der Waals surface area contributed by atoms with Crippen LogP contribution in [0.3, 0.4) is 0 Å². The van der Waals surface area contributed by atoms with Crippen LogP contribution in [0.5, 0.6) is 0 Å². The fourth-order valence-electron chi connectivity index (χ4n) is 0.499. The first kappa shape index (κ1) is 12.1. The smallest absolute Gasteiger partial charge is 0.332 e. The number of hydrogen-bond donors (Lipinski definition) is 0. The van der Waals surface area contributed by atoms with Crippen LogP contribution >= 0.6 is 0 Å². The number of rotatable bonds is 4. The van der Waals surface area contributed by atoms with Gasteiger partial charge in [-0.1, -0.05) is 0 Å². The minimum absolute atomic E-state index is 0.114. The van der Waals surface area contributed by atoms with Crippen molar-refractivity contribution in [1.82, 2.24) is 0 Å². The molecule has 0 saturated heterocycles. The third-order valence-electron chi connectivity index (χ3n) is 1.06. The van der Waals surface area contributed by atoms with Crippen molar-refractivity contribution in [3.63, 3.8) is 0 Å². The summed E-state index contributed by atoms with van der Waals surface area (Å²) in [5, 5.41) is 0. The Labute approximate surface area is 78.2 Å². The second-order valence-corrected chi connectivity index (χ2v) is 3.76. The van der Waals surface area contributed by atoms with Crippen LogP contribution in [0.2, 0.25) is 0 Å². The zero-order chi connectivity index (χ0) is 10.5. The van der Waals surface area contributed by atoms with E-state index >= 15 is 0 Å². The molecule has 0 aromatic carbocycles. The molecule has 0 aliphatic heterocycles. The quantitative estimate of drug-likeness (QED) is 0.616. The van der Waals surface area contributed by atoms with Gasteiger partial charge < -0.3 is 9.47 Å². The van der Waals surface area contributed by atoms with Crippen LogP contribution in [-0.2, 0) is 19.1 Å². The second-order valence-electron chi connectivity index (χ2n) is 3.76. The van der Waals surface area contributed by atoms with Gasteiger partial charge in [0.25, 0.3) is 0 Å². The molecule has 0 radical (unpaired) electrons. The molecule has 0 aromatic heterocycles. The lowest BCUT2D eigenvalue weighted by Gasteiger charge is -2.18. The summed E-state index contributed by atoms with van der Waals surface area (Å²) in [6.07, 6.45) is 0. The predicted octanol–water partition coefficient (Wildman–Crippen LogP) is 0.934. The van der Waals surface area contributed by atoms with E-state index in [1.54, 1.807) is 0 Å². The van der Waals surface area contributed by atoms with Gasteiger partial charge in [0.05, 0.1) is 5.60 Å². The summed E-state index contributed by atoms with van der Waals surface area (Å²) < 4.78 is 9.72. The van der Waals surface area contributed by atoms with Gasteiger partial charge in [0, 0.05) is 0 Å². The molecule has 76 valence electrons. The van der Waals surface area contributed by atoms with Gasteiger partial charge in [0.2, 0.25) is 0 Å². The van der Waals surface area contributed by atoms with Gasteiger partial charge in [-0.05, 0) is 27.7 Å². The molecule has 0 saturated carbocycles. The highest BCUT2D eigenvalue weighted by Gasteiger charge is 2.13. The van der Waals surface area contributed by atoms with Crippen molar-refractivity contribution in [2.24, 2.45) is 0 Å². The minimum atomic E-state index is -0.509. The summed E-state index contributed by atoms with van der Waals surface area (Å²) in [5.41, 5.74) is -0.366. The van der Waals surface area contributed by atoms with Crippen molar-refractivity contribution in [2.75, 3.05) is 13.2 Å². The first-order valence-corrected chi connectivity index (χ1v) is 4.10. The molecule has 0 spiro atoms. The molecule has 4 nitrogen and oxygen atoms in total. The average Bonchev–Trinajstić information content (AvgIpc) is 1.95. The zero-order valence-corrected chi connectivity index (χ0v) is 8.55. The van der Waals surface area contributed by atoms with E-state index in [0.29, 0.717) is 0 Å². The normalized spacial score (nSPS) is 11.1. The van der Waals surface area contributed by atoms with Gasteiger partial charge in [-0.2, -0.15) is 0 Å². The number of ketones is 1. The molecule has 4 heteroatoms. The second kappa shape index (κ2) is 4.97. The molecule has 0 rings (SSSR count). The first-order valence-electron chi connectivity index (χ1n) is 4.10. The van der Waals surface area contributed by atoms with E-state index in [1.807, 2.05) is 20.8 Å². The maximum atomic E-state index is 10.9. The molecule has 0 bridgehead atoms. The Morgan fingerprint density at radius 1 is 1.15 bits per heavy atom. The number of ether oxygens (including phenoxy) is 2. The lowest BCUT2D eigenvalue weighted by molar-refractivity contribution is -0.156. The summed E-state index contributed by atoms with van der Waals surface area (Å²) in [6.45, 7) is 6.59. The highest BCUT2D eigenvalue weighted by atomic mass is 16.6. The Bertz CT molecular complexity index is 190. The largest absolute Gasteiger partial charge is 0.456 e. The van der Waals surface area contributed by atoms with Crippen molar-refractivity contribution >= 4 is 11.8 Å². The number of Topliss-reactive ketones (excluding diaryl/α,β-unsaturated/α-hetero) is 1. The Morgan fingerprint density at radius 2 is 1.69 bits per heavy atom. The van der Waals surface area contributed by atoms with Crippen LogP contribution < -0.4 is 0 Å². The average molecular weight is 188 g/mol. The maximum Gasteiger partial charge on any atom is 0.332 e. The molecule has 0 aliphatic rings. The van der Waals surface area contributed by atoms with Crippen molar-refractivity contribution in [3.8, 4) is 0 Å². The highest BCUT2D eigenvalue weighted by Crippen LogP contribution is 2.05. The van der Waals surface area contributed by atoms with Gasteiger partial charge in [-0.15, -0.1) is 0 Å². The Hall–Kier alpha value is -0.900. The number of carbonyl (C=O) groups excluding carboxylic acids is 2. The van der Waals surface area contributed by atoms with Crippen molar-refractivity contribution in [1.29, 1.82) is 0 Å². The van der Waals surface area contributed by atoms with E-state index in [9.17, 15) is 9.59 Å². The molecule has 0 fully saturated rings. The molecule has 0 atom stereocenters. The lowest BCUT2D eigenvalue weighted by atomic mass is 10.2. The van der Waals surface area contributed by atoms with E-state index in [1.165, 1.54) is 6.92 Å². The minimum Gasteiger partial charge on any atom is -0.456 e. The van der Waals surface area contributed by atoms with Crippen LogP contribution in [0.25, 0.3) is 0 Å². The number of hydrogen-bond acceptors (Lipinski definition) is 4. The van der Waals surface area contributed by atoms with Crippen LogP contribution in [0.4, 0.5) is 0 Å². The van der Waals surface area contributed by atoms with Crippen LogP contribution in [0.1, 0.15) is 27.7 Å². The summed E-state index contributed by atoms with van der Waals surface area (Å²) in [5.74, 6) is -0.686. The van der Waals surface area contributed by atoms with Crippen LogP contribution in [0.15, 0.2) is 0 Å². The molecule has 0 heterocycles. The van der Waals surface area contributed by atoms with Gasteiger partial charge in [0.1, 0.15) is 13.2 Å². The first-order chi connectivity index (χ1) is 5.81. The SMILES string of the molecule is CC(=O)COC(=O)COC(C)(C)C. The lowest BCUT2D eigenvalue weighted by Crippen LogP contribution is -2.25. The van der Waals surface area contributed by atoms with Gasteiger partial charge in [-0.3, -0.25) is 4.79 Å². The van der Waals surface area contributed by atoms with Crippen LogP contribution in [-0.4, -0.2) is 30.6 Å². The fraction of sp³-hybridized carbons (Fsp3) is 0.778. The summed E-state index contributed by atoms with van der Waals surface area (Å²) in [4.78, 5) is 21.3. The molecule has 0 aromatic rings. The Kier molecular flexibility index (Phi) is 4.62. The van der Waals surface area contributed by atoms with Crippen molar-refractivity contribution in [2.45, 2.75) is 33.3 Å². The summed E-state index contributed by atoms with van der Waals surface area (Å²) in [6, 6.07) is 0. The molecular weight excluding hydrogens is 172 g/mol. The van der Waals surface area contributed by atoms with Gasteiger partial charge in [0.15, 0.2) is 5.78 Å². The zero-order valence-electron chi connectivity index (χ0n) is 8.55. The molecule has 0 aliphatic carbocycles. The highest BCUT2D eigenvalue weighted by molar-refractivity contribution is 5.80. The third-order valence-corrected chi connectivity index (χ3v) is 1.06. The Balaban J connectivity index is 3.58. The molecule has 0 N–H and O–H groups in total. The van der Waals surface area contributed by atoms with Gasteiger partial charge in [-0.25, -0.2) is 4.79 Å². The molecule has 13 heavy (non-hydrogen) atoms. The van der Waals surface area contributed by atoms with E-state index in [-0.39, 0.29) is 24.6 Å². The van der Waals surface area contributed by atoms with E-state index in [4.69, 9.17) is 4.74 Å². The monoisotopic (exact) mass is 188 g/mol. The van der Waals surface area contributed by atoms with E-state index in [2.05, 4.69) is 4.74 Å². The fourth-order valence-corrected chi connectivity index (χ4v) is 0.499. The standard InChI is InChI=1S/C9H16O4/c1-7(10)5-12-8(11)6-13-9(2,3)4/h5-6H2,1-4H3. The topological polar surface area (TPSA) is 52.6 Å². The van der Waals surface area contributed by atoms with Crippen LogP contribution in [0, 0.1) is 0 Å². The molecule has 0 amide bonds. The van der Waals surface area contributed by atoms with Crippen molar-refractivity contribution in [3.05, 3.63) is 0 Å². The Morgan fingerprint density at radius 3 is 2.08 bits per heavy atom. The third kappa shape index (κ3) is 9.01. The van der Waals surface area contributed by atoms with E-state index in [0.717, 1.165) is 0 Å². The van der Waals surface area contributed by atoms with Gasteiger partial charge >= 0.3 is 5.97 Å². The molecule has 0 unspecified atom stereocenters. The summed E-state index contributed by atoms with van der Waals surface area (Å²) >= 11 is 0. The summed E-state index contributed by atoms with van der Waals surface area (Å²) in [7, 11) is 0. The number of esters is 1. The number of carbonyl (C=O) groups is 2.